The maximum Gasteiger partial charge on any atom is 0.264 e. The highest BCUT2D eigenvalue weighted by Crippen LogP contribution is 2.33. The second kappa shape index (κ2) is 17.8. The fraction of sp³-hybridized carbons (Fsp3) is 0.316. The Bertz CT molecular complexity index is 1780. The Hall–Kier alpha value is -4.48. The zero-order valence-electron chi connectivity index (χ0n) is 28.7. The summed E-state index contributed by atoms with van der Waals surface area (Å²) in [6, 6.07) is 28.9. The molecule has 0 unspecified atom stereocenters. The van der Waals surface area contributed by atoms with E-state index in [1.54, 1.807) is 55.6 Å². The van der Waals surface area contributed by atoms with Crippen LogP contribution in [0.15, 0.2) is 113 Å². The summed E-state index contributed by atoms with van der Waals surface area (Å²) >= 11 is 1.50. The zero-order valence-corrected chi connectivity index (χ0v) is 30.3. The number of hydrogen-bond acceptors (Lipinski definition) is 7. The van der Waals surface area contributed by atoms with Gasteiger partial charge in [0, 0.05) is 23.9 Å². The van der Waals surface area contributed by atoms with Crippen LogP contribution in [0.3, 0.4) is 0 Å². The number of anilines is 1. The number of thioether (sulfide) groups is 1. The molecule has 0 aliphatic heterocycles. The Morgan fingerprint density at radius 1 is 0.878 bits per heavy atom. The van der Waals surface area contributed by atoms with Gasteiger partial charge in [0.25, 0.3) is 10.0 Å². The van der Waals surface area contributed by atoms with Crippen molar-refractivity contribution in [2.75, 3.05) is 30.8 Å². The molecule has 0 fully saturated rings. The predicted molar refractivity (Wildman–Crippen MR) is 196 cm³/mol. The van der Waals surface area contributed by atoms with E-state index in [9.17, 15) is 18.0 Å². The molecule has 4 aromatic rings. The number of nitrogens with one attached hydrogen (secondary N) is 1. The van der Waals surface area contributed by atoms with Gasteiger partial charge in [-0.1, -0.05) is 61.5 Å². The van der Waals surface area contributed by atoms with E-state index >= 15 is 0 Å². The first-order valence-corrected chi connectivity index (χ1v) is 18.9. The molecule has 4 rings (SSSR count). The van der Waals surface area contributed by atoms with Gasteiger partial charge in [-0.05, 0) is 86.2 Å². The minimum absolute atomic E-state index is 0.0269. The standard InChI is InChI=1S/C38H45N3O6S2/c1-6-28(3)39-38(43)35(25-29-14-9-8-10-15-29)40(26-30-16-13-17-31(24-30)46-4)37(42)27-41(34-18-11-12-19-36(34)47-7-2)49(44,45)33-22-20-32(48-5)21-23-33/h8-24,28,35H,6-7,25-27H2,1-5H3,(H,39,43)/t28-,35+/m1/s1. The molecule has 0 saturated carbocycles. The average Bonchev–Trinajstić information content (AvgIpc) is 3.12. The molecule has 260 valence electrons. The molecule has 0 spiro atoms. The van der Waals surface area contributed by atoms with Crippen LogP contribution in [0.1, 0.15) is 38.3 Å². The Kier molecular flexibility index (Phi) is 13.6. The van der Waals surface area contributed by atoms with Gasteiger partial charge in [-0.25, -0.2) is 8.42 Å². The Morgan fingerprint density at radius 2 is 1.55 bits per heavy atom. The maximum absolute atomic E-state index is 14.8. The van der Waals surface area contributed by atoms with Crippen LogP contribution in [0.25, 0.3) is 0 Å². The molecule has 0 aliphatic rings. The van der Waals surface area contributed by atoms with Gasteiger partial charge < -0.3 is 19.7 Å². The molecule has 1 N–H and O–H groups in total. The number of carbonyl (C=O) groups is 2. The van der Waals surface area contributed by atoms with Gasteiger partial charge in [-0.15, -0.1) is 11.8 Å². The Labute approximate surface area is 294 Å². The molecule has 0 heterocycles. The summed E-state index contributed by atoms with van der Waals surface area (Å²) in [6.07, 6.45) is 2.83. The van der Waals surface area contributed by atoms with E-state index in [-0.39, 0.29) is 42.1 Å². The lowest BCUT2D eigenvalue weighted by Crippen LogP contribution is -2.54. The van der Waals surface area contributed by atoms with Crippen molar-refractivity contribution < 1.29 is 27.5 Å². The van der Waals surface area contributed by atoms with Gasteiger partial charge in [0.05, 0.1) is 24.3 Å². The van der Waals surface area contributed by atoms with Crippen molar-refractivity contribution in [1.82, 2.24) is 10.2 Å². The van der Waals surface area contributed by atoms with E-state index in [4.69, 9.17) is 9.47 Å². The quantitative estimate of drug-likeness (QED) is 0.124. The molecular weight excluding hydrogens is 659 g/mol. The minimum Gasteiger partial charge on any atom is -0.497 e. The first-order valence-electron chi connectivity index (χ1n) is 16.3. The summed E-state index contributed by atoms with van der Waals surface area (Å²) in [6.45, 7) is 5.43. The second-order valence-electron chi connectivity index (χ2n) is 11.5. The molecule has 9 nitrogen and oxygen atoms in total. The molecule has 0 bridgehead atoms. The molecule has 0 aliphatic carbocycles. The second-order valence-corrected chi connectivity index (χ2v) is 14.2. The molecule has 2 atom stereocenters. The van der Waals surface area contributed by atoms with Gasteiger partial charge in [0.15, 0.2) is 0 Å². The minimum atomic E-state index is -4.28. The van der Waals surface area contributed by atoms with Crippen molar-refractivity contribution in [3.8, 4) is 11.5 Å². The number of para-hydroxylation sites is 2. The monoisotopic (exact) mass is 703 g/mol. The summed E-state index contributed by atoms with van der Waals surface area (Å²) in [4.78, 5) is 31.3. The average molecular weight is 704 g/mol. The first kappa shape index (κ1) is 37.3. The number of hydrogen-bond donors (Lipinski definition) is 1. The third kappa shape index (κ3) is 9.79. The molecule has 4 aromatic carbocycles. The maximum atomic E-state index is 14.8. The predicted octanol–water partition coefficient (Wildman–Crippen LogP) is 6.57. The van der Waals surface area contributed by atoms with Crippen molar-refractivity contribution in [3.05, 3.63) is 114 Å². The van der Waals surface area contributed by atoms with Crippen molar-refractivity contribution >= 4 is 39.3 Å². The topological polar surface area (TPSA) is 105 Å². The van der Waals surface area contributed by atoms with Crippen molar-refractivity contribution in [2.45, 2.75) is 62.0 Å². The van der Waals surface area contributed by atoms with Gasteiger partial charge in [-0.3, -0.25) is 13.9 Å². The lowest BCUT2D eigenvalue weighted by molar-refractivity contribution is -0.140. The number of rotatable bonds is 17. The van der Waals surface area contributed by atoms with E-state index in [2.05, 4.69) is 5.32 Å². The highest BCUT2D eigenvalue weighted by atomic mass is 32.2. The van der Waals surface area contributed by atoms with E-state index in [0.717, 1.165) is 20.3 Å². The summed E-state index contributed by atoms with van der Waals surface area (Å²) in [7, 11) is -2.72. The van der Waals surface area contributed by atoms with Gasteiger partial charge in [-0.2, -0.15) is 0 Å². The van der Waals surface area contributed by atoms with E-state index in [1.807, 2.05) is 69.5 Å². The van der Waals surface area contributed by atoms with Gasteiger partial charge in [0.1, 0.15) is 24.1 Å². The zero-order chi connectivity index (χ0) is 35.4. The van der Waals surface area contributed by atoms with Crippen molar-refractivity contribution in [3.63, 3.8) is 0 Å². The van der Waals surface area contributed by atoms with Crippen LogP contribution in [0.5, 0.6) is 11.5 Å². The van der Waals surface area contributed by atoms with Crippen LogP contribution in [0.4, 0.5) is 5.69 Å². The van der Waals surface area contributed by atoms with Crippen LogP contribution in [-0.4, -0.2) is 63.7 Å². The summed E-state index contributed by atoms with van der Waals surface area (Å²) < 4.78 is 41.3. The van der Waals surface area contributed by atoms with Gasteiger partial charge in [0.2, 0.25) is 11.8 Å². The fourth-order valence-corrected chi connectivity index (χ4v) is 7.12. The van der Waals surface area contributed by atoms with Crippen molar-refractivity contribution in [1.29, 1.82) is 0 Å². The highest BCUT2D eigenvalue weighted by Gasteiger charge is 2.36. The SMILES string of the molecule is CCOc1ccccc1N(CC(=O)N(Cc1cccc(OC)c1)[C@@H](Cc1ccccc1)C(=O)N[C@H](C)CC)S(=O)(=O)c1ccc(SC)cc1. The number of ether oxygens (including phenoxy) is 2. The normalized spacial score (nSPS) is 12.4. The molecule has 0 aromatic heterocycles. The van der Waals surface area contributed by atoms with Crippen molar-refractivity contribution in [2.24, 2.45) is 0 Å². The largest absolute Gasteiger partial charge is 0.497 e. The lowest BCUT2D eigenvalue weighted by atomic mass is 10.0. The van der Waals surface area contributed by atoms with E-state index in [1.165, 1.54) is 28.8 Å². The summed E-state index contributed by atoms with van der Waals surface area (Å²) in [5, 5.41) is 3.06. The van der Waals surface area contributed by atoms with Crippen LogP contribution >= 0.6 is 11.8 Å². The Morgan fingerprint density at radius 3 is 2.20 bits per heavy atom. The fourth-order valence-electron chi connectivity index (χ4n) is 5.29. The van der Waals surface area contributed by atoms with E-state index in [0.29, 0.717) is 17.9 Å². The third-order valence-corrected chi connectivity index (χ3v) is 10.6. The first-order chi connectivity index (χ1) is 23.6. The number of amides is 2. The number of methoxy groups -OCH3 is 1. The van der Waals surface area contributed by atoms with Gasteiger partial charge >= 0.3 is 0 Å². The summed E-state index contributed by atoms with van der Waals surface area (Å²) in [5.41, 5.74) is 1.80. The third-order valence-electron chi connectivity index (χ3n) is 8.12. The molecule has 0 radical (unpaired) electrons. The van der Waals surface area contributed by atoms with E-state index < -0.39 is 28.5 Å². The molecule has 49 heavy (non-hydrogen) atoms. The number of sulfonamides is 1. The smallest absolute Gasteiger partial charge is 0.264 e. The molecule has 0 saturated heterocycles. The summed E-state index contributed by atoms with van der Waals surface area (Å²) in [5.74, 6) is 0.0267. The van der Waals surface area contributed by atoms with Crippen LogP contribution in [0, 0.1) is 0 Å². The number of benzene rings is 4. The Balaban J connectivity index is 1.85. The molecule has 2 amide bonds. The molecule has 11 heteroatoms. The van der Waals surface area contributed by atoms with Crippen LogP contribution in [-0.2, 0) is 32.6 Å². The number of nitrogens with zero attached hydrogens (tertiary/aromatic N) is 2. The lowest BCUT2D eigenvalue weighted by Gasteiger charge is -2.34. The number of carbonyl (C=O) groups excluding carboxylic acids is 2. The molecular formula is C38H45N3O6S2. The van der Waals surface area contributed by atoms with Crippen LogP contribution < -0.4 is 19.1 Å². The van der Waals surface area contributed by atoms with Crippen LogP contribution in [0.2, 0.25) is 0 Å². The highest BCUT2D eigenvalue weighted by molar-refractivity contribution is 7.98.